The first-order valence-electron chi connectivity index (χ1n) is 3.60. The maximum Gasteiger partial charge on any atom is 0.573 e. The van der Waals surface area contributed by atoms with E-state index in [2.05, 4.69) is 20.7 Å². The molecule has 0 radical (unpaired) electrons. The van der Waals surface area contributed by atoms with Crippen molar-refractivity contribution in [2.45, 2.75) is 6.36 Å². The highest BCUT2D eigenvalue weighted by atomic mass is 79.9. The maximum absolute atomic E-state index is 13.0. The quantitative estimate of drug-likeness (QED) is 0.478. The number of rotatable bonds is 2. The number of benzene rings is 1. The second-order valence-electron chi connectivity index (χ2n) is 2.54. The van der Waals surface area contributed by atoms with E-state index in [9.17, 15) is 27.7 Å². The fourth-order valence-corrected chi connectivity index (χ4v) is 1.30. The van der Waals surface area contributed by atoms with E-state index >= 15 is 0 Å². The molecular formula is C7H2BrF4NO3. The van der Waals surface area contributed by atoms with Crippen LogP contribution in [0.2, 0.25) is 0 Å². The van der Waals surface area contributed by atoms with Crippen LogP contribution in [0.15, 0.2) is 16.6 Å². The lowest BCUT2D eigenvalue weighted by Crippen LogP contribution is -2.17. The van der Waals surface area contributed by atoms with E-state index in [1.807, 2.05) is 0 Å². The summed E-state index contributed by atoms with van der Waals surface area (Å²) in [7, 11) is 0. The second kappa shape index (κ2) is 4.24. The average Bonchev–Trinajstić information content (AvgIpc) is 2.07. The first-order chi connectivity index (χ1) is 7.20. The summed E-state index contributed by atoms with van der Waals surface area (Å²) in [6.07, 6.45) is -4.99. The molecule has 0 spiro atoms. The molecule has 4 nitrogen and oxygen atoms in total. The molecule has 16 heavy (non-hydrogen) atoms. The van der Waals surface area contributed by atoms with Gasteiger partial charge in [-0.25, -0.2) is 0 Å². The number of hydrogen-bond donors (Lipinski definition) is 0. The zero-order valence-electron chi connectivity index (χ0n) is 7.22. The predicted molar refractivity (Wildman–Crippen MR) is 47.4 cm³/mol. The van der Waals surface area contributed by atoms with Gasteiger partial charge in [0.1, 0.15) is 5.75 Å². The fourth-order valence-electron chi connectivity index (χ4n) is 0.876. The van der Waals surface area contributed by atoms with E-state index in [0.29, 0.717) is 12.1 Å². The third kappa shape index (κ3) is 3.05. The van der Waals surface area contributed by atoms with Crippen molar-refractivity contribution in [2.75, 3.05) is 0 Å². The van der Waals surface area contributed by atoms with Crippen molar-refractivity contribution in [1.29, 1.82) is 0 Å². The van der Waals surface area contributed by atoms with Crippen molar-refractivity contribution in [2.24, 2.45) is 0 Å². The van der Waals surface area contributed by atoms with Crippen LogP contribution < -0.4 is 4.74 Å². The number of ether oxygens (including phenoxy) is 1. The number of alkyl halides is 3. The average molecular weight is 304 g/mol. The van der Waals surface area contributed by atoms with E-state index < -0.39 is 33.0 Å². The lowest BCUT2D eigenvalue weighted by Gasteiger charge is -2.09. The Bertz CT molecular complexity index is 434. The Kier molecular flexibility index (Phi) is 3.36. The molecule has 0 saturated carbocycles. The standard InChI is InChI=1S/C7H2BrF4NO3/c8-4-1-3(16-7(10,11)12)2-5(6(4)9)13(14)15/h1-2H. The molecule has 0 amide bonds. The highest BCUT2D eigenvalue weighted by Gasteiger charge is 2.32. The second-order valence-corrected chi connectivity index (χ2v) is 3.40. The summed E-state index contributed by atoms with van der Waals surface area (Å²) in [5.41, 5.74) is -1.10. The largest absolute Gasteiger partial charge is 0.573 e. The van der Waals surface area contributed by atoms with Gasteiger partial charge < -0.3 is 4.74 Å². The van der Waals surface area contributed by atoms with Gasteiger partial charge in [-0.3, -0.25) is 10.1 Å². The van der Waals surface area contributed by atoms with Gasteiger partial charge in [-0.2, -0.15) is 4.39 Å². The molecule has 1 aromatic carbocycles. The van der Waals surface area contributed by atoms with Gasteiger partial charge in [0.25, 0.3) is 0 Å². The summed E-state index contributed by atoms with van der Waals surface area (Å²) in [5, 5.41) is 10.3. The summed E-state index contributed by atoms with van der Waals surface area (Å²) >= 11 is 2.55. The third-order valence-corrected chi connectivity index (χ3v) is 1.99. The van der Waals surface area contributed by atoms with Gasteiger partial charge in [-0.05, 0) is 22.0 Å². The van der Waals surface area contributed by atoms with Crippen molar-refractivity contribution in [3.05, 3.63) is 32.5 Å². The molecule has 0 atom stereocenters. The zero-order chi connectivity index (χ0) is 12.5. The molecule has 0 aliphatic carbocycles. The van der Waals surface area contributed by atoms with E-state index in [1.165, 1.54) is 0 Å². The van der Waals surface area contributed by atoms with Gasteiger partial charge in [-0.1, -0.05) is 0 Å². The summed E-state index contributed by atoms with van der Waals surface area (Å²) in [4.78, 5) is 9.15. The monoisotopic (exact) mass is 303 g/mol. The van der Waals surface area contributed by atoms with Gasteiger partial charge in [0.15, 0.2) is 0 Å². The Morgan fingerprint density at radius 3 is 2.38 bits per heavy atom. The molecule has 1 rings (SSSR count). The number of nitro groups is 1. The van der Waals surface area contributed by atoms with E-state index in [1.54, 1.807) is 0 Å². The zero-order valence-corrected chi connectivity index (χ0v) is 8.80. The van der Waals surface area contributed by atoms with Crippen molar-refractivity contribution in [3.63, 3.8) is 0 Å². The van der Waals surface area contributed by atoms with Gasteiger partial charge >= 0.3 is 12.0 Å². The third-order valence-electron chi connectivity index (χ3n) is 1.41. The minimum absolute atomic E-state index is 0.355. The summed E-state index contributed by atoms with van der Waals surface area (Å²) < 4.78 is 51.4. The van der Waals surface area contributed by atoms with E-state index in [0.717, 1.165) is 0 Å². The molecule has 0 heterocycles. The lowest BCUT2D eigenvalue weighted by atomic mass is 10.3. The molecule has 0 aromatic heterocycles. The van der Waals surface area contributed by atoms with Crippen LogP contribution in [0.25, 0.3) is 0 Å². The molecule has 0 N–H and O–H groups in total. The number of hydrogen-bond acceptors (Lipinski definition) is 3. The van der Waals surface area contributed by atoms with Crippen molar-refractivity contribution in [1.82, 2.24) is 0 Å². The summed E-state index contributed by atoms with van der Waals surface area (Å²) in [6, 6.07) is 1.00. The van der Waals surface area contributed by atoms with Crippen LogP contribution in [-0.2, 0) is 0 Å². The van der Waals surface area contributed by atoms with Crippen molar-refractivity contribution >= 4 is 21.6 Å². The molecular weight excluding hydrogens is 302 g/mol. The van der Waals surface area contributed by atoms with E-state index in [-0.39, 0.29) is 0 Å². The maximum atomic E-state index is 13.0. The molecule has 0 aliphatic rings. The van der Waals surface area contributed by atoms with Crippen LogP contribution in [0.5, 0.6) is 5.75 Å². The van der Waals surface area contributed by atoms with Crippen LogP contribution in [0.4, 0.5) is 23.2 Å². The highest BCUT2D eigenvalue weighted by Crippen LogP contribution is 2.33. The van der Waals surface area contributed by atoms with Gasteiger partial charge in [-0.15, -0.1) is 13.2 Å². The van der Waals surface area contributed by atoms with Gasteiger partial charge in [0.05, 0.1) is 15.5 Å². The Balaban J connectivity index is 3.19. The summed E-state index contributed by atoms with van der Waals surface area (Å²) in [5.74, 6) is -2.13. The Morgan fingerprint density at radius 1 is 1.38 bits per heavy atom. The Morgan fingerprint density at radius 2 is 1.94 bits per heavy atom. The van der Waals surface area contributed by atoms with Gasteiger partial charge in [0, 0.05) is 0 Å². The fraction of sp³-hybridized carbons (Fsp3) is 0.143. The van der Waals surface area contributed by atoms with Crippen LogP contribution in [0.1, 0.15) is 0 Å². The van der Waals surface area contributed by atoms with Crippen LogP contribution in [0, 0.1) is 15.9 Å². The highest BCUT2D eigenvalue weighted by molar-refractivity contribution is 9.10. The van der Waals surface area contributed by atoms with Gasteiger partial charge in [0.2, 0.25) is 5.82 Å². The Hall–Kier alpha value is -1.38. The first-order valence-corrected chi connectivity index (χ1v) is 4.39. The number of halogens is 5. The normalized spacial score (nSPS) is 11.3. The van der Waals surface area contributed by atoms with Crippen molar-refractivity contribution in [3.8, 4) is 5.75 Å². The minimum Gasteiger partial charge on any atom is -0.405 e. The topological polar surface area (TPSA) is 52.4 Å². The van der Waals surface area contributed by atoms with Crippen LogP contribution in [-0.4, -0.2) is 11.3 Å². The first kappa shape index (κ1) is 12.7. The molecule has 1 aromatic rings. The SMILES string of the molecule is O=[N+]([O-])c1cc(OC(F)(F)F)cc(Br)c1F. The molecule has 88 valence electrons. The summed E-state index contributed by atoms with van der Waals surface area (Å²) in [6.45, 7) is 0. The molecule has 0 unspecified atom stereocenters. The molecule has 0 fully saturated rings. The number of nitro benzene ring substituents is 1. The predicted octanol–water partition coefficient (Wildman–Crippen LogP) is 3.39. The molecule has 9 heteroatoms. The minimum atomic E-state index is -4.99. The van der Waals surface area contributed by atoms with Crippen molar-refractivity contribution < 1.29 is 27.2 Å². The molecule has 0 saturated heterocycles. The van der Waals surface area contributed by atoms with Crippen LogP contribution in [0.3, 0.4) is 0 Å². The molecule has 0 aliphatic heterocycles. The smallest absolute Gasteiger partial charge is 0.405 e. The number of nitrogens with zero attached hydrogens (tertiary/aromatic N) is 1. The van der Waals surface area contributed by atoms with E-state index in [4.69, 9.17) is 0 Å². The van der Waals surface area contributed by atoms with Crippen LogP contribution >= 0.6 is 15.9 Å². The molecule has 0 bridgehead atoms. The Labute approximate surface area is 94.1 Å². The lowest BCUT2D eigenvalue weighted by molar-refractivity contribution is -0.387.